The van der Waals surface area contributed by atoms with E-state index in [0.29, 0.717) is 21.7 Å². The van der Waals surface area contributed by atoms with Crippen LogP contribution in [0.2, 0.25) is 5.02 Å². The molecule has 138 valence electrons. The molecular formula is C19H17ClN4O3. The minimum absolute atomic E-state index is 0.0308. The van der Waals surface area contributed by atoms with Crippen LogP contribution in [-0.2, 0) is 16.1 Å². The number of hydrogen-bond acceptors (Lipinski definition) is 4. The van der Waals surface area contributed by atoms with Gasteiger partial charge in [0.15, 0.2) is 0 Å². The van der Waals surface area contributed by atoms with Crippen LogP contribution in [-0.4, -0.2) is 28.4 Å². The first-order chi connectivity index (χ1) is 12.9. The predicted octanol–water partition coefficient (Wildman–Crippen LogP) is 2.67. The maximum absolute atomic E-state index is 12.9. The van der Waals surface area contributed by atoms with Crippen molar-refractivity contribution in [3.05, 3.63) is 63.9 Å². The summed E-state index contributed by atoms with van der Waals surface area (Å²) in [5.41, 5.74) is 1.02. The molecule has 0 spiro atoms. The predicted molar refractivity (Wildman–Crippen MR) is 105 cm³/mol. The highest BCUT2D eigenvalue weighted by Gasteiger charge is 2.18. The lowest BCUT2D eigenvalue weighted by molar-refractivity contribution is -0.117. The number of hydrogen-bond donors (Lipinski definition) is 1. The molecular weight excluding hydrogens is 368 g/mol. The number of para-hydroxylation sites is 2. The summed E-state index contributed by atoms with van der Waals surface area (Å²) in [5, 5.41) is 3.20. The Morgan fingerprint density at radius 3 is 2.63 bits per heavy atom. The van der Waals surface area contributed by atoms with Crippen LogP contribution < -0.4 is 15.8 Å². The number of rotatable bonds is 4. The molecule has 3 aromatic rings. The van der Waals surface area contributed by atoms with Gasteiger partial charge in [0.1, 0.15) is 6.54 Å². The molecule has 0 aliphatic rings. The average molecular weight is 385 g/mol. The number of carbonyl (C=O) groups excluding carboxylic acids is 2. The van der Waals surface area contributed by atoms with Crippen molar-refractivity contribution in [1.82, 2.24) is 9.55 Å². The first-order valence-corrected chi connectivity index (χ1v) is 8.54. The zero-order valence-electron chi connectivity index (χ0n) is 14.8. The normalized spacial score (nSPS) is 10.6. The van der Waals surface area contributed by atoms with Crippen molar-refractivity contribution < 1.29 is 9.59 Å². The van der Waals surface area contributed by atoms with Crippen LogP contribution in [0.5, 0.6) is 0 Å². The Morgan fingerprint density at radius 1 is 1.19 bits per heavy atom. The average Bonchev–Trinajstić information content (AvgIpc) is 2.63. The Kier molecular flexibility index (Phi) is 5.23. The summed E-state index contributed by atoms with van der Waals surface area (Å²) in [5.74, 6) is -0.756. The summed E-state index contributed by atoms with van der Waals surface area (Å²) < 4.78 is 1.30. The first-order valence-electron chi connectivity index (χ1n) is 8.16. The summed E-state index contributed by atoms with van der Waals surface area (Å²) in [6.07, 6.45) is 0. The van der Waals surface area contributed by atoms with Crippen LogP contribution in [0, 0.1) is 0 Å². The summed E-state index contributed by atoms with van der Waals surface area (Å²) in [4.78, 5) is 42.5. The molecule has 27 heavy (non-hydrogen) atoms. The van der Waals surface area contributed by atoms with Crippen molar-refractivity contribution in [2.24, 2.45) is 0 Å². The van der Waals surface area contributed by atoms with E-state index in [1.807, 2.05) is 0 Å². The molecule has 0 unspecified atom stereocenters. The van der Waals surface area contributed by atoms with Gasteiger partial charge in [-0.1, -0.05) is 29.8 Å². The van der Waals surface area contributed by atoms with Crippen LogP contribution in [0.15, 0.2) is 53.3 Å². The highest BCUT2D eigenvalue weighted by Crippen LogP contribution is 2.16. The van der Waals surface area contributed by atoms with Gasteiger partial charge in [-0.05, 0) is 30.3 Å². The number of amides is 2. The lowest BCUT2D eigenvalue weighted by Gasteiger charge is -2.17. The lowest BCUT2D eigenvalue weighted by atomic mass is 10.2. The molecule has 8 heteroatoms. The first kappa shape index (κ1) is 18.6. The molecule has 0 fully saturated rings. The molecule has 0 atom stereocenters. The van der Waals surface area contributed by atoms with Crippen molar-refractivity contribution in [3.63, 3.8) is 0 Å². The summed E-state index contributed by atoms with van der Waals surface area (Å²) in [7, 11) is 1.47. The number of carbonyl (C=O) groups is 2. The number of halogens is 1. The van der Waals surface area contributed by atoms with Gasteiger partial charge in [0, 0.05) is 24.7 Å². The number of aromatic nitrogens is 2. The Bertz CT molecular complexity index is 1090. The Hall–Kier alpha value is -3.19. The third kappa shape index (κ3) is 3.98. The van der Waals surface area contributed by atoms with Crippen molar-refractivity contribution in [2.75, 3.05) is 17.3 Å². The van der Waals surface area contributed by atoms with Gasteiger partial charge in [0.05, 0.1) is 11.0 Å². The number of nitrogens with one attached hydrogen (secondary N) is 1. The van der Waals surface area contributed by atoms with Crippen molar-refractivity contribution in [2.45, 2.75) is 13.5 Å². The van der Waals surface area contributed by atoms with E-state index in [0.717, 1.165) is 0 Å². The van der Waals surface area contributed by atoms with E-state index in [1.54, 1.807) is 48.5 Å². The molecule has 2 aromatic carbocycles. The van der Waals surface area contributed by atoms with E-state index in [1.165, 1.54) is 23.4 Å². The van der Waals surface area contributed by atoms with Gasteiger partial charge in [-0.3, -0.25) is 23.9 Å². The quantitative estimate of drug-likeness (QED) is 0.749. The van der Waals surface area contributed by atoms with E-state index >= 15 is 0 Å². The van der Waals surface area contributed by atoms with E-state index in [9.17, 15) is 14.4 Å². The van der Waals surface area contributed by atoms with Crippen molar-refractivity contribution in [1.29, 1.82) is 0 Å². The molecule has 1 heterocycles. The largest absolute Gasteiger partial charge is 0.324 e. The molecule has 2 amide bonds. The van der Waals surface area contributed by atoms with Crippen molar-refractivity contribution >= 4 is 46.0 Å². The van der Waals surface area contributed by atoms with E-state index in [4.69, 9.17) is 11.6 Å². The third-order valence-electron chi connectivity index (χ3n) is 4.04. The summed E-state index contributed by atoms with van der Waals surface area (Å²) >= 11 is 5.92. The fourth-order valence-corrected chi connectivity index (χ4v) is 2.80. The Labute approximate surface area is 160 Å². The fourth-order valence-electron chi connectivity index (χ4n) is 2.61. The molecule has 0 saturated carbocycles. The second kappa shape index (κ2) is 7.59. The van der Waals surface area contributed by atoms with Crippen LogP contribution >= 0.6 is 11.6 Å². The minimum Gasteiger partial charge on any atom is -0.324 e. The Balaban J connectivity index is 2.02. The number of benzene rings is 2. The van der Waals surface area contributed by atoms with Gasteiger partial charge in [-0.15, -0.1) is 0 Å². The zero-order valence-corrected chi connectivity index (χ0v) is 15.5. The van der Waals surface area contributed by atoms with Gasteiger partial charge in [-0.25, -0.2) is 4.98 Å². The van der Waals surface area contributed by atoms with Gasteiger partial charge in [0.25, 0.3) is 5.56 Å². The molecule has 0 radical (unpaired) electrons. The molecule has 0 aliphatic carbocycles. The van der Waals surface area contributed by atoms with Gasteiger partial charge in [0.2, 0.25) is 17.6 Å². The second-order valence-corrected chi connectivity index (χ2v) is 6.39. The topological polar surface area (TPSA) is 84.3 Å². The molecule has 3 rings (SSSR count). The number of nitrogens with zero attached hydrogens (tertiary/aromatic N) is 3. The minimum atomic E-state index is -0.521. The summed E-state index contributed by atoms with van der Waals surface area (Å²) in [6.45, 7) is 1.11. The van der Waals surface area contributed by atoms with Gasteiger partial charge in [-0.2, -0.15) is 0 Å². The van der Waals surface area contributed by atoms with E-state index < -0.39 is 11.5 Å². The molecule has 0 bridgehead atoms. The standard InChI is InChI=1S/C19H17ClN4O3/c1-12(25)23(2)18-19(27)24(16-9-4-3-8-15(16)22-18)11-17(26)21-14-7-5-6-13(20)10-14/h3-10H,11H2,1-2H3,(H,21,26). The van der Waals surface area contributed by atoms with Gasteiger partial charge >= 0.3 is 0 Å². The molecule has 7 nitrogen and oxygen atoms in total. The summed E-state index contributed by atoms with van der Waals surface area (Å²) in [6, 6.07) is 13.7. The maximum atomic E-state index is 12.9. The fraction of sp³-hybridized carbons (Fsp3) is 0.158. The zero-order chi connectivity index (χ0) is 19.6. The number of fused-ring (bicyclic) bond motifs is 1. The smallest absolute Gasteiger partial charge is 0.294 e. The Morgan fingerprint density at radius 2 is 1.93 bits per heavy atom. The monoisotopic (exact) mass is 384 g/mol. The lowest BCUT2D eigenvalue weighted by Crippen LogP contribution is -2.36. The highest BCUT2D eigenvalue weighted by molar-refractivity contribution is 6.30. The van der Waals surface area contributed by atoms with Crippen LogP contribution in [0.25, 0.3) is 11.0 Å². The second-order valence-electron chi connectivity index (χ2n) is 5.95. The van der Waals surface area contributed by atoms with Crippen molar-refractivity contribution in [3.8, 4) is 0 Å². The van der Waals surface area contributed by atoms with Crippen LogP contribution in [0.1, 0.15) is 6.92 Å². The van der Waals surface area contributed by atoms with Crippen LogP contribution in [0.4, 0.5) is 11.5 Å². The highest BCUT2D eigenvalue weighted by atomic mass is 35.5. The van der Waals surface area contributed by atoms with Gasteiger partial charge < -0.3 is 5.32 Å². The molecule has 0 saturated heterocycles. The molecule has 1 N–H and O–H groups in total. The van der Waals surface area contributed by atoms with E-state index in [-0.39, 0.29) is 18.3 Å². The number of anilines is 2. The SMILES string of the molecule is CC(=O)N(C)c1nc2ccccc2n(CC(=O)Nc2cccc(Cl)c2)c1=O. The van der Waals surface area contributed by atoms with Crippen LogP contribution in [0.3, 0.4) is 0 Å². The maximum Gasteiger partial charge on any atom is 0.294 e. The molecule has 1 aromatic heterocycles. The van der Waals surface area contributed by atoms with E-state index in [2.05, 4.69) is 10.3 Å². The molecule has 0 aliphatic heterocycles. The third-order valence-corrected chi connectivity index (χ3v) is 4.27.